The molecule has 39 heavy (non-hydrogen) atoms. The maximum atomic E-state index is 12.4. The van der Waals surface area contributed by atoms with Gasteiger partial charge >= 0.3 is 12.0 Å². The largest absolute Gasteiger partial charge is 0.490 e. The van der Waals surface area contributed by atoms with Gasteiger partial charge in [0.05, 0.1) is 36.0 Å². The van der Waals surface area contributed by atoms with Crippen LogP contribution in [0.15, 0.2) is 57.2 Å². The molecule has 2 atom stereocenters. The number of methoxy groups -OCH3 is 1. The van der Waals surface area contributed by atoms with Gasteiger partial charge in [-0.2, -0.15) is 5.10 Å². The number of ether oxygens (including phenoxy) is 4. The first-order chi connectivity index (χ1) is 18.8. The lowest BCUT2D eigenvalue weighted by molar-refractivity contribution is -0.136. The van der Waals surface area contributed by atoms with E-state index < -0.39 is 24.3 Å². The molecule has 0 saturated carbocycles. The molecule has 2 aromatic rings. The summed E-state index contributed by atoms with van der Waals surface area (Å²) in [5, 5.41) is 19.6. The predicted molar refractivity (Wildman–Crippen MR) is 147 cm³/mol. The minimum absolute atomic E-state index is 0.143. The highest BCUT2D eigenvalue weighted by molar-refractivity contribution is 9.10. The Kier molecular flexibility index (Phi) is 10.6. The standard InChI is InChI=1S/C27H29BrN4O7/c1-5-11-38-20-9-7-17(12-19(20)28)14-29-32-23(33)15-39-21-10-8-18(13-22(21)37-6-2)25-24(26(34)36-4)16(3)30-27(35)31-25/h1,7-10,12-14,23,25,32-33H,6,11,15H2,2-4H3,(H2,30,31,35)/b29-14-/t23-,25+/m0/s1. The molecule has 4 N–H and O–H groups in total. The van der Waals surface area contributed by atoms with Gasteiger partial charge in [0, 0.05) is 5.70 Å². The molecule has 0 radical (unpaired) electrons. The van der Waals surface area contributed by atoms with E-state index in [0.29, 0.717) is 39.6 Å². The van der Waals surface area contributed by atoms with Gasteiger partial charge in [0.15, 0.2) is 17.7 Å². The number of rotatable bonds is 12. The Hall–Kier alpha value is -4.21. The number of carbonyl (C=O) groups excluding carboxylic acids is 2. The van der Waals surface area contributed by atoms with Gasteiger partial charge in [0.2, 0.25) is 0 Å². The number of halogens is 1. The molecular weight excluding hydrogens is 572 g/mol. The second-order valence-electron chi connectivity index (χ2n) is 8.10. The molecular formula is C27H29BrN4O7. The lowest BCUT2D eigenvalue weighted by Gasteiger charge is -2.28. The Balaban J connectivity index is 1.66. The number of urea groups is 1. The number of hydrazone groups is 1. The Labute approximate surface area is 234 Å². The quantitative estimate of drug-likeness (QED) is 0.0958. The van der Waals surface area contributed by atoms with Crippen LogP contribution >= 0.6 is 15.9 Å². The average molecular weight is 601 g/mol. The number of nitrogens with zero attached hydrogens (tertiary/aromatic N) is 1. The van der Waals surface area contributed by atoms with Gasteiger partial charge in [-0.05, 0) is 71.2 Å². The third-order valence-corrected chi connectivity index (χ3v) is 6.00. The lowest BCUT2D eigenvalue weighted by atomic mass is 9.95. The third-order valence-electron chi connectivity index (χ3n) is 5.38. The summed E-state index contributed by atoms with van der Waals surface area (Å²) in [6.07, 6.45) is 5.61. The number of amides is 2. The monoisotopic (exact) mass is 600 g/mol. The fraction of sp³-hybridized carbons (Fsp3) is 0.296. The van der Waals surface area contributed by atoms with E-state index >= 15 is 0 Å². The van der Waals surface area contributed by atoms with Crippen molar-refractivity contribution in [2.75, 3.05) is 26.9 Å². The Bertz CT molecular complexity index is 1310. The van der Waals surface area contributed by atoms with E-state index in [1.54, 1.807) is 43.3 Å². The Morgan fingerprint density at radius 1 is 1.23 bits per heavy atom. The van der Waals surface area contributed by atoms with Crippen molar-refractivity contribution >= 4 is 34.1 Å². The molecule has 1 aliphatic rings. The molecule has 0 unspecified atom stereocenters. The normalized spacial score (nSPS) is 15.6. The van der Waals surface area contributed by atoms with Crippen LogP contribution in [-0.4, -0.2) is 56.5 Å². The number of aliphatic hydroxyl groups excluding tert-OH is 1. The molecule has 0 fully saturated rings. The highest BCUT2D eigenvalue weighted by atomic mass is 79.9. The second-order valence-corrected chi connectivity index (χ2v) is 8.95. The van der Waals surface area contributed by atoms with Gasteiger partial charge in [-0.1, -0.05) is 12.0 Å². The van der Waals surface area contributed by atoms with E-state index in [-0.39, 0.29) is 18.8 Å². The summed E-state index contributed by atoms with van der Waals surface area (Å²) in [5.41, 5.74) is 4.60. The fourth-order valence-electron chi connectivity index (χ4n) is 3.65. The first kappa shape index (κ1) is 29.3. The third kappa shape index (κ3) is 7.89. The summed E-state index contributed by atoms with van der Waals surface area (Å²) in [6, 6.07) is 9.13. The minimum atomic E-state index is -1.13. The zero-order valence-electron chi connectivity index (χ0n) is 21.6. The van der Waals surface area contributed by atoms with Crippen molar-refractivity contribution in [1.29, 1.82) is 0 Å². The minimum Gasteiger partial charge on any atom is -0.490 e. The van der Waals surface area contributed by atoms with E-state index in [1.165, 1.54) is 13.3 Å². The van der Waals surface area contributed by atoms with Crippen LogP contribution in [-0.2, 0) is 9.53 Å². The molecule has 1 heterocycles. The maximum Gasteiger partial charge on any atom is 0.337 e. The second kappa shape index (κ2) is 14.1. The van der Waals surface area contributed by atoms with Crippen molar-refractivity contribution in [2.45, 2.75) is 26.1 Å². The highest BCUT2D eigenvalue weighted by Crippen LogP contribution is 2.35. The van der Waals surface area contributed by atoms with Gasteiger partial charge in [0.25, 0.3) is 0 Å². The summed E-state index contributed by atoms with van der Waals surface area (Å²) in [5.74, 6) is 3.17. The van der Waals surface area contributed by atoms with Crippen molar-refractivity contribution in [2.24, 2.45) is 5.10 Å². The number of esters is 1. The summed E-state index contributed by atoms with van der Waals surface area (Å²) < 4.78 is 22.5. The summed E-state index contributed by atoms with van der Waals surface area (Å²) >= 11 is 3.41. The predicted octanol–water partition coefficient (Wildman–Crippen LogP) is 2.98. The molecule has 11 nitrogen and oxygen atoms in total. The molecule has 1 aliphatic heterocycles. The number of terminal acetylenes is 1. The number of hydrogen-bond donors (Lipinski definition) is 4. The van der Waals surface area contributed by atoms with Crippen LogP contribution in [0, 0.1) is 12.3 Å². The maximum absolute atomic E-state index is 12.4. The van der Waals surface area contributed by atoms with Crippen LogP contribution < -0.4 is 30.3 Å². The van der Waals surface area contributed by atoms with Gasteiger partial charge in [-0.15, -0.1) is 6.42 Å². The van der Waals surface area contributed by atoms with E-state index in [4.69, 9.17) is 25.4 Å². The van der Waals surface area contributed by atoms with Gasteiger partial charge < -0.3 is 34.7 Å². The number of carbonyl (C=O) groups is 2. The zero-order valence-corrected chi connectivity index (χ0v) is 23.2. The number of nitrogens with one attached hydrogen (secondary N) is 3. The summed E-state index contributed by atoms with van der Waals surface area (Å²) in [4.78, 5) is 24.5. The number of allylic oxidation sites excluding steroid dienone is 1. The topological polar surface area (TPSA) is 140 Å². The first-order valence-electron chi connectivity index (χ1n) is 11.9. The van der Waals surface area contributed by atoms with Crippen molar-refractivity contribution in [3.63, 3.8) is 0 Å². The number of aliphatic hydroxyl groups is 1. The zero-order chi connectivity index (χ0) is 28.4. The molecule has 0 bridgehead atoms. The fourth-order valence-corrected chi connectivity index (χ4v) is 4.16. The number of hydrogen-bond acceptors (Lipinski definition) is 9. The molecule has 0 aliphatic carbocycles. The van der Waals surface area contributed by atoms with Gasteiger partial charge in [-0.3, -0.25) is 5.43 Å². The highest BCUT2D eigenvalue weighted by Gasteiger charge is 2.32. The molecule has 206 valence electrons. The van der Waals surface area contributed by atoms with Crippen molar-refractivity contribution in [1.82, 2.24) is 16.1 Å². The van der Waals surface area contributed by atoms with Crippen molar-refractivity contribution in [3.05, 3.63) is 63.3 Å². The van der Waals surface area contributed by atoms with E-state index in [9.17, 15) is 14.7 Å². The number of benzene rings is 2. The van der Waals surface area contributed by atoms with Gasteiger partial charge in [0.1, 0.15) is 19.0 Å². The van der Waals surface area contributed by atoms with Crippen molar-refractivity contribution in [3.8, 4) is 29.6 Å². The van der Waals surface area contributed by atoms with Crippen LogP contribution in [0.5, 0.6) is 17.2 Å². The Morgan fingerprint density at radius 3 is 2.69 bits per heavy atom. The smallest absolute Gasteiger partial charge is 0.337 e. The van der Waals surface area contributed by atoms with Crippen LogP contribution in [0.25, 0.3) is 0 Å². The van der Waals surface area contributed by atoms with Crippen LogP contribution in [0.1, 0.15) is 31.0 Å². The van der Waals surface area contributed by atoms with E-state index in [0.717, 1.165) is 5.56 Å². The molecule has 0 saturated heterocycles. The molecule has 0 aromatic heterocycles. The lowest BCUT2D eigenvalue weighted by Crippen LogP contribution is -2.45. The summed E-state index contributed by atoms with van der Waals surface area (Å²) in [6.45, 7) is 3.79. The van der Waals surface area contributed by atoms with E-state index in [1.807, 2.05) is 6.92 Å². The van der Waals surface area contributed by atoms with E-state index in [2.05, 4.69) is 43.0 Å². The Morgan fingerprint density at radius 2 is 2.00 bits per heavy atom. The average Bonchev–Trinajstić information content (AvgIpc) is 2.91. The van der Waals surface area contributed by atoms with Crippen LogP contribution in [0.4, 0.5) is 4.79 Å². The van der Waals surface area contributed by atoms with Gasteiger partial charge in [-0.25, -0.2) is 9.59 Å². The van der Waals surface area contributed by atoms with Crippen LogP contribution in [0.2, 0.25) is 0 Å². The molecule has 12 heteroatoms. The molecule has 3 rings (SSSR count). The first-order valence-corrected chi connectivity index (χ1v) is 12.6. The summed E-state index contributed by atoms with van der Waals surface area (Å²) in [7, 11) is 1.27. The van der Waals surface area contributed by atoms with Crippen molar-refractivity contribution < 1.29 is 33.6 Å². The molecule has 2 amide bonds. The molecule has 0 spiro atoms. The SMILES string of the molecule is C#CCOc1ccc(/C=N\N[C@@H](O)COc2ccc([C@H]3NC(=O)NC(C)=C3C(=O)OC)cc2OCC)cc1Br. The van der Waals surface area contributed by atoms with Crippen LogP contribution in [0.3, 0.4) is 0 Å². The molecule has 2 aromatic carbocycles.